The molecule has 37 heavy (non-hydrogen) atoms. The number of nitrogens with two attached hydrogens (primary N) is 1. The maximum Gasteiger partial charge on any atom is 0.253 e. The number of benzene rings is 3. The van der Waals surface area contributed by atoms with Crippen LogP contribution in [0.15, 0.2) is 71.1 Å². The van der Waals surface area contributed by atoms with Gasteiger partial charge in [-0.25, -0.2) is 4.39 Å². The second kappa shape index (κ2) is 9.16. The lowest BCUT2D eigenvalue weighted by Crippen LogP contribution is -2.46. The number of piperazine rings is 1. The van der Waals surface area contributed by atoms with Crippen LogP contribution >= 0.6 is 0 Å². The van der Waals surface area contributed by atoms with E-state index < -0.39 is 5.41 Å². The molecule has 0 spiro atoms. The molecule has 2 heterocycles. The Morgan fingerprint density at radius 3 is 2.24 bits per heavy atom. The van der Waals surface area contributed by atoms with Crippen molar-refractivity contribution in [3.05, 3.63) is 83.9 Å². The Bertz CT molecular complexity index is 1480. The number of primary amides is 1. The normalized spacial score (nSPS) is 16.6. The SMILES string of the molecule is NC(=O)C1(Cc2cc3cc(-c4ccc(C(=O)N5CCNCC5)cc4)cc(-c4ccc(F)cc4)c3o2)CC1. The first-order chi connectivity index (χ1) is 17.9. The summed E-state index contributed by atoms with van der Waals surface area (Å²) in [5.74, 6) is 0.156. The minimum Gasteiger partial charge on any atom is -0.460 e. The van der Waals surface area contributed by atoms with E-state index in [-0.39, 0.29) is 17.6 Å². The van der Waals surface area contributed by atoms with E-state index in [1.807, 2.05) is 47.4 Å². The fourth-order valence-electron chi connectivity index (χ4n) is 5.15. The molecule has 3 aromatic carbocycles. The van der Waals surface area contributed by atoms with Gasteiger partial charge in [-0.15, -0.1) is 0 Å². The fourth-order valence-corrected chi connectivity index (χ4v) is 5.15. The third-order valence-corrected chi connectivity index (χ3v) is 7.58. The molecular formula is C30H28FN3O3. The first-order valence-corrected chi connectivity index (χ1v) is 12.6. The van der Waals surface area contributed by atoms with E-state index in [1.165, 1.54) is 12.1 Å². The number of rotatable bonds is 6. The summed E-state index contributed by atoms with van der Waals surface area (Å²) in [7, 11) is 0. The summed E-state index contributed by atoms with van der Waals surface area (Å²) >= 11 is 0. The van der Waals surface area contributed by atoms with E-state index in [0.717, 1.165) is 53.6 Å². The van der Waals surface area contributed by atoms with Crippen LogP contribution in [-0.2, 0) is 11.2 Å². The molecule has 2 fully saturated rings. The lowest BCUT2D eigenvalue weighted by atomic mass is 9.95. The van der Waals surface area contributed by atoms with Crippen molar-refractivity contribution in [2.24, 2.45) is 11.1 Å². The highest BCUT2D eigenvalue weighted by molar-refractivity contribution is 5.98. The Morgan fingerprint density at radius 1 is 0.919 bits per heavy atom. The van der Waals surface area contributed by atoms with Gasteiger partial charge in [0, 0.05) is 49.1 Å². The van der Waals surface area contributed by atoms with E-state index in [9.17, 15) is 14.0 Å². The number of fused-ring (bicyclic) bond motifs is 1. The summed E-state index contributed by atoms with van der Waals surface area (Å²) in [6.07, 6.45) is 2.01. The van der Waals surface area contributed by atoms with Crippen LogP contribution in [0.25, 0.3) is 33.2 Å². The van der Waals surface area contributed by atoms with Gasteiger partial charge >= 0.3 is 0 Å². The average molecular weight is 498 g/mol. The van der Waals surface area contributed by atoms with Gasteiger partial charge in [-0.2, -0.15) is 0 Å². The zero-order valence-electron chi connectivity index (χ0n) is 20.4. The molecule has 3 N–H and O–H groups in total. The monoisotopic (exact) mass is 497 g/mol. The number of hydrogen-bond donors (Lipinski definition) is 2. The third kappa shape index (κ3) is 4.51. The van der Waals surface area contributed by atoms with Gasteiger partial charge in [-0.1, -0.05) is 24.3 Å². The summed E-state index contributed by atoms with van der Waals surface area (Å²) in [4.78, 5) is 26.7. The molecule has 1 aliphatic carbocycles. The zero-order chi connectivity index (χ0) is 25.6. The van der Waals surface area contributed by atoms with E-state index in [2.05, 4.69) is 5.32 Å². The first kappa shape index (κ1) is 23.4. The number of carbonyl (C=O) groups is 2. The number of hydrogen-bond acceptors (Lipinski definition) is 4. The molecule has 1 aliphatic heterocycles. The quantitative estimate of drug-likeness (QED) is 0.402. The lowest BCUT2D eigenvalue weighted by Gasteiger charge is -2.27. The Balaban J connectivity index is 1.38. The standard InChI is InChI=1S/C30H28FN3O3/c31-24-7-5-20(6-8-24)26-17-22(15-23-16-25(37-27(23)26)18-30(9-10-30)29(32)36)19-1-3-21(4-2-19)28(35)34-13-11-33-12-14-34/h1-8,15-17,33H,9-14,18H2,(H2,32,36). The predicted octanol–water partition coefficient (Wildman–Crippen LogP) is 4.76. The van der Waals surface area contributed by atoms with Crippen molar-refractivity contribution in [1.82, 2.24) is 10.2 Å². The van der Waals surface area contributed by atoms with Gasteiger partial charge in [0.05, 0.1) is 5.41 Å². The van der Waals surface area contributed by atoms with Gasteiger partial charge in [0.2, 0.25) is 5.91 Å². The van der Waals surface area contributed by atoms with Gasteiger partial charge in [0.25, 0.3) is 5.91 Å². The van der Waals surface area contributed by atoms with Gasteiger partial charge in [-0.3, -0.25) is 9.59 Å². The van der Waals surface area contributed by atoms with Crippen LogP contribution in [0.5, 0.6) is 0 Å². The van der Waals surface area contributed by atoms with Crippen LogP contribution in [0.2, 0.25) is 0 Å². The van der Waals surface area contributed by atoms with Crippen LogP contribution in [0.4, 0.5) is 4.39 Å². The second-order valence-corrected chi connectivity index (χ2v) is 10.1. The molecule has 2 aliphatic rings. The molecule has 7 heteroatoms. The molecule has 2 amide bonds. The van der Waals surface area contributed by atoms with E-state index >= 15 is 0 Å². The van der Waals surface area contributed by atoms with Gasteiger partial charge < -0.3 is 20.4 Å². The Hall–Kier alpha value is -3.97. The summed E-state index contributed by atoms with van der Waals surface area (Å²) < 4.78 is 19.9. The minimum absolute atomic E-state index is 0.0402. The molecule has 0 bridgehead atoms. The molecule has 1 saturated heterocycles. The van der Waals surface area contributed by atoms with Gasteiger partial charge in [-0.05, 0) is 72.0 Å². The Labute approximate surface area is 214 Å². The van der Waals surface area contributed by atoms with Crippen molar-refractivity contribution < 1.29 is 18.4 Å². The zero-order valence-corrected chi connectivity index (χ0v) is 20.4. The number of furan rings is 1. The van der Waals surface area contributed by atoms with Gasteiger partial charge in [0.15, 0.2) is 0 Å². The number of nitrogens with zero attached hydrogens (tertiary/aromatic N) is 1. The number of nitrogens with one attached hydrogen (secondary N) is 1. The molecule has 0 radical (unpaired) electrons. The highest BCUT2D eigenvalue weighted by Gasteiger charge is 2.49. The number of carbonyl (C=O) groups excluding carboxylic acids is 2. The van der Waals surface area contributed by atoms with Crippen LogP contribution in [0.1, 0.15) is 29.0 Å². The molecule has 0 unspecified atom stereocenters. The Kier molecular flexibility index (Phi) is 5.80. The van der Waals surface area contributed by atoms with E-state index in [1.54, 1.807) is 12.1 Å². The largest absolute Gasteiger partial charge is 0.460 e. The van der Waals surface area contributed by atoms with Crippen LogP contribution in [-0.4, -0.2) is 42.9 Å². The van der Waals surface area contributed by atoms with Crippen molar-refractivity contribution in [2.75, 3.05) is 26.2 Å². The molecule has 188 valence electrons. The average Bonchev–Trinajstić information content (AvgIpc) is 3.60. The van der Waals surface area contributed by atoms with E-state index in [0.29, 0.717) is 36.4 Å². The van der Waals surface area contributed by atoms with Crippen LogP contribution in [0.3, 0.4) is 0 Å². The number of halogens is 1. The highest BCUT2D eigenvalue weighted by Crippen LogP contribution is 2.49. The molecule has 6 nitrogen and oxygen atoms in total. The smallest absolute Gasteiger partial charge is 0.253 e. The van der Waals surface area contributed by atoms with Crippen LogP contribution in [0, 0.1) is 11.2 Å². The highest BCUT2D eigenvalue weighted by atomic mass is 19.1. The lowest BCUT2D eigenvalue weighted by molar-refractivity contribution is -0.123. The molecule has 1 aromatic heterocycles. The third-order valence-electron chi connectivity index (χ3n) is 7.58. The molecular weight excluding hydrogens is 469 g/mol. The van der Waals surface area contributed by atoms with Crippen LogP contribution < -0.4 is 11.1 Å². The molecule has 1 saturated carbocycles. The molecule has 4 aromatic rings. The first-order valence-electron chi connectivity index (χ1n) is 12.6. The van der Waals surface area contributed by atoms with Crippen molar-refractivity contribution in [3.8, 4) is 22.3 Å². The van der Waals surface area contributed by atoms with Crippen molar-refractivity contribution >= 4 is 22.8 Å². The van der Waals surface area contributed by atoms with E-state index in [4.69, 9.17) is 10.2 Å². The molecule has 0 atom stereocenters. The summed E-state index contributed by atoms with van der Waals surface area (Å²) in [5, 5.41) is 4.16. The minimum atomic E-state index is -0.514. The summed E-state index contributed by atoms with van der Waals surface area (Å²) in [6.45, 7) is 3.03. The second-order valence-electron chi connectivity index (χ2n) is 10.1. The maximum absolute atomic E-state index is 13.7. The summed E-state index contributed by atoms with van der Waals surface area (Å²) in [5.41, 5.74) is 10.1. The predicted molar refractivity (Wildman–Crippen MR) is 140 cm³/mol. The topological polar surface area (TPSA) is 88.6 Å². The fraction of sp³-hybridized carbons (Fsp3) is 0.267. The van der Waals surface area contributed by atoms with Gasteiger partial charge in [0.1, 0.15) is 17.2 Å². The summed E-state index contributed by atoms with van der Waals surface area (Å²) in [6, 6.07) is 20.0. The van der Waals surface area contributed by atoms with Crippen molar-refractivity contribution in [3.63, 3.8) is 0 Å². The number of amides is 2. The maximum atomic E-state index is 13.7. The van der Waals surface area contributed by atoms with Crippen molar-refractivity contribution in [1.29, 1.82) is 0 Å². The molecule has 6 rings (SSSR count). The van der Waals surface area contributed by atoms with Crippen molar-refractivity contribution in [2.45, 2.75) is 19.3 Å². The Morgan fingerprint density at radius 2 is 1.59 bits per heavy atom.